The smallest absolute Gasteiger partial charge is 0.233 e. The highest BCUT2D eigenvalue weighted by Crippen LogP contribution is 2.38. The van der Waals surface area contributed by atoms with Crippen molar-refractivity contribution in [2.45, 2.75) is 51.0 Å². The fourth-order valence-corrected chi connectivity index (χ4v) is 5.04. The molecule has 2 heterocycles. The Balaban J connectivity index is 1.21. The molecule has 2 saturated heterocycles. The molecule has 1 aromatic carbocycles. The van der Waals surface area contributed by atoms with E-state index in [-0.39, 0.29) is 48.6 Å². The molecule has 1 aromatic rings. The van der Waals surface area contributed by atoms with E-state index in [0.717, 1.165) is 63.1 Å². The van der Waals surface area contributed by atoms with Crippen molar-refractivity contribution in [3.05, 3.63) is 24.3 Å². The maximum atomic E-state index is 12.5. The molecule has 0 bridgehead atoms. The Morgan fingerprint density at radius 2 is 1.60 bits per heavy atom. The van der Waals surface area contributed by atoms with Crippen molar-refractivity contribution < 1.29 is 19.1 Å². The predicted molar refractivity (Wildman–Crippen MR) is 113 cm³/mol. The zero-order valence-electron chi connectivity index (χ0n) is 17.6. The molecule has 1 N–H and O–H groups in total. The van der Waals surface area contributed by atoms with Crippen LogP contribution in [0.3, 0.4) is 0 Å². The van der Waals surface area contributed by atoms with Crippen LogP contribution in [0.5, 0.6) is 5.75 Å². The summed E-state index contributed by atoms with van der Waals surface area (Å²) in [6.45, 7) is 1.97. The lowest BCUT2D eigenvalue weighted by Gasteiger charge is -2.34. The van der Waals surface area contributed by atoms with Crippen LogP contribution in [0.25, 0.3) is 0 Å². The highest BCUT2D eigenvalue weighted by molar-refractivity contribution is 6.05. The molecule has 7 heteroatoms. The first-order valence-electron chi connectivity index (χ1n) is 11.1. The van der Waals surface area contributed by atoms with Gasteiger partial charge in [-0.3, -0.25) is 19.3 Å². The molecule has 7 nitrogen and oxygen atoms in total. The number of amides is 3. The number of ether oxygens (including phenoxy) is 1. The maximum absolute atomic E-state index is 12.5. The van der Waals surface area contributed by atoms with E-state index in [1.165, 1.54) is 4.90 Å². The maximum Gasteiger partial charge on any atom is 0.233 e. The summed E-state index contributed by atoms with van der Waals surface area (Å²) in [6.07, 6.45) is 5.60. The standard InChI is InChI=1S/C23H31N3O4/c1-30-18-8-6-17(7-9-18)25-13-10-16(11-14-25)24-21(27)12-15-26-22(28)19-4-2-3-5-20(19)23(26)29/h6-9,16,19-20H,2-5,10-15H2,1H3,(H,24,27). The molecular formula is C23H31N3O4. The highest BCUT2D eigenvalue weighted by atomic mass is 16.5. The minimum absolute atomic E-state index is 0.0645. The van der Waals surface area contributed by atoms with Crippen molar-refractivity contribution in [2.75, 3.05) is 31.6 Å². The Bertz CT molecular complexity index is 762. The van der Waals surface area contributed by atoms with E-state index >= 15 is 0 Å². The molecule has 2 atom stereocenters. The monoisotopic (exact) mass is 413 g/mol. The van der Waals surface area contributed by atoms with Crippen LogP contribution in [0.4, 0.5) is 5.69 Å². The molecule has 2 aliphatic heterocycles. The molecule has 4 rings (SSSR count). The van der Waals surface area contributed by atoms with Crippen molar-refractivity contribution in [2.24, 2.45) is 11.8 Å². The van der Waals surface area contributed by atoms with E-state index in [0.29, 0.717) is 0 Å². The average molecular weight is 414 g/mol. The summed E-state index contributed by atoms with van der Waals surface area (Å²) in [6, 6.07) is 8.17. The van der Waals surface area contributed by atoms with Crippen molar-refractivity contribution in [1.82, 2.24) is 10.2 Å². The zero-order valence-corrected chi connectivity index (χ0v) is 17.6. The number of benzene rings is 1. The molecule has 30 heavy (non-hydrogen) atoms. The summed E-state index contributed by atoms with van der Waals surface area (Å²) in [5.41, 5.74) is 1.16. The van der Waals surface area contributed by atoms with Crippen molar-refractivity contribution >= 4 is 23.4 Å². The predicted octanol–water partition coefficient (Wildman–Crippen LogP) is 2.35. The number of imide groups is 1. The van der Waals surface area contributed by atoms with Crippen molar-refractivity contribution in [3.63, 3.8) is 0 Å². The fraction of sp³-hybridized carbons (Fsp3) is 0.609. The second kappa shape index (κ2) is 9.06. The van der Waals surface area contributed by atoms with E-state index < -0.39 is 0 Å². The Labute approximate surface area is 177 Å². The van der Waals surface area contributed by atoms with Crippen LogP contribution in [0.2, 0.25) is 0 Å². The van der Waals surface area contributed by atoms with Gasteiger partial charge in [0.15, 0.2) is 0 Å². The number of nitrogens with zero attached hydrogens (tertiary/aromatic N) is 2. The third-order valence-corrected chi connectivity index (χ3v) is 6.79. The fourth-order valence-electron chi connectivity index (χ4n) is 5.04. The lowest BCUT2D eigenvalue weighted by atomic mass is 9.81. The number of hydrogen-bond acceptors (Lipinski definition) is 5. The summed E-state index contributed by atoms with van der Waals surface area (Å²) in [5, 5.41) is 3.09. The number of carbonyl (C=O) groups excluding carboxylic acids is 3. The molecule has 0 aromatic heterocycles. The molecule has 3 amide bonds. The van der Waals surface area contributed by atoms with Crippen LogP contribution in [-0.2, 0) is 14.4 Å². The van der Waals surface area contributed by atoms with Gasteiger partial charge in [-0.05, 0) is 49.9 Å². The number of carbonyl (C=O) groups is 3. The van der Waals surface area contributed by atoms with Gasteiger partial charge in [0, 0.05) is 37.8 Å². The van der Waals surface area contributed by atoms with Crippen LogP contribution >= 0.6 is 0 Å². The second-order valence-electron chi connectivity index (χ2n) is 8.60. The van der Waals surface area contributed by atoms with Gasteiger partial charge in [-0.2, -0.15) is 0 Å². The minimum atomic E-state index is -0.142. The zero-order chi connectivity index (χ0) is 21.1. The first kappa shape index (κ1) is 20.7. The van der Waals surface area contributed by atoms with Crippen molar-refractivity contribution in [1.29, 1.82) is 0 Å². The molecule has 3 aliphatic rings. The quantitative estimate of drug-likeness (QED) is 0.725. The molecule has 1 saturated carbocycles. The molecule has 162 valence electrons. The summed E-state index contributed by atoms with van der Waals surface area (Å²) in [4.78, 5) is 41.1. The van der Waals surface area contributed by atoms with Crippen LogP contribution in [0, 0.1) is 11.8 Å². The largest absolute Gasteiger partial charge is 0.497 e. The Kier molecular flexibility index (Phi) is 6.25. The summed E-state index contributed by atoms with van der Waals surface area (Å²) in [5.74, 6) is 0.354. The van der Waals surface area contributed by atoms with Gasteiger partial charge in [-0.25, -0.2) is 0 Å². The number of nitrogens with one attached hydrogen (secondary N) is 1. The topological polar surface area (TPSA) is 79.0 Å². The SMILES string of the molecule is COc1ccc(N2CCC(NC(=O)CCN3C(=O)C4CCCCC4C3=O)CC2)cc1. The van der Waals surface area contributed by atoms with Gasteiger partial charge in [0.05, 0.1) is 18.9 Å². The second-order valence-corrected chi connectivity index (χ2v) is 8.60. The van der Waals surface area contributed by atoms with Gasteiger partial charge < -0.3 is 15.0 Å². The van der Waals surface area contributed by atoms with E-state index in [4.69, 9.17) is 4.74 Å². The molecule has 0 spiro atoms. The summed E-state index contributed by atoms with van der Waals surface area (Å²) < 4.78 is 5.21. The molecule has 0 radical (unpaired) electrons. The van der Waals surface area contributed by atoms with E-state index in [2.05, 4.69) is 22.3 Å². The first-order chi connectivity index (χ1) is 14.6. The van der Waals surface area contributed by atoms with Gasteiger partial charge in [-0.1, -0.05) is 12.8 Å². The van der Waals surface area contributed by atoms with E-state index in [1.807, 2.05) is 12.1 Å². The number of hydrogen-bond donors (Lipinski definition) is 1. The molecule has 1 aliphatic carbocycles. The number of rotatable bonds is 6. The number of methoxy groups -OCH3 is 1. The Morgan fingerprint density at radius 1 is 1.00 bits per heavy atom. The van der Waals surface area contributed by atoms with Gasteiger partial charge in [0.25, 0.3) is 0 Å². The number of piperidine rings is 1. The van der Waals surface area contributed by atoms with Crippen LogP contribution < -0.4 is 15.0 Å². The summed E-state index contributed by atoms with van der Waals surface area (Å²) >= 11 is 0. The molecule has 2 unspecified atom stereocenters. The average Bonchev–Trinajstić information content (AvgIpc) is 3.03. The highest BCUT2D eigenvalue weighted by Gasteiger charge is 2.47. The van der Waals surface area contributed by atoms with Crippen molar-refractivity contribution in [3.8, 4) is 5.75 Å². The first-order valence-corrected chi connectivity index (χ1v) is 11.1. The summed E-state index contributed by atoms with van der Waals surface area (Å²) in [7, 11) is 1.66. The van der Waals surface area contributed by atoms with Crippen LogP contribution in [0.15, 0.2) is 24.3 Å². The van der Waals surface area contributed by atoms with Gasteiger partial charge in [0.2, 0.25) is 17.7 Å². The molecular weight excluding hydrogens is 382 g/mol. The van der Waals surface area contributed by atoms with Gasteiger partial charge in [-0.15, -0.1) is 0 Å². The Hall–Kier alpha value is -2.57. The third kappa shape index (κ3) is 4.30. The van der Waals surface area contributed by atoms with Crippen LogP contribution in [-0.4, -0.2) is 55.4 Å². The third-order valence-electron chi connectivity index (χ3n) is 6.79. The van der Waals surface area contributed by atoms with E-state index in [9.17, 15) is 14.4 Å². The number of likely N-dealkylation sites (tertiary alicyclic amines) is 1. The van der Waals surface area contributed by atoms with Gasteiger partial charge >= 0.3 is 0 Å². The molecule has 3 fully saturated rings. The number of fused-ring (bicyclic) bond motifs is 1. The normalized spacial score (nSPS) is 24.7. The lowest BCUT2D eigenvalue weighted by molar-refractivity contribution is -0.140. The van der Waals surface area contributed by atoms with Crippen LogP contribution in [0.1, 0.15) is 44.9 Å². The Morgan fingerprint density at radius 3 is 2.17 bits per heavy atom. The van der Waals surface area contributed by atoms with Gasteiger partial charge in [0.1, 0.15) is 5.75 Å². The lowest BCUT2D eigenvalue weighted by Crippen LogP contribution is -2.45. The van der Waals surface area contributed by atoms with E-state index in [1.54, 1.807) is 7.11 Å². The number of anilines is 1. The minimum Gasteiger partial charge on any atom is -0.497 e.